The minimum absolute atomic E-state index is 0.232. The Morgan fingerprint density at radius 3 is 2.46 bits per heavy atom. The van der Waals surface area contributed by atoms with Crippen LogP contribution in [-0.2, 0) is 16.6 Å². The van der Waals surface area contributed by atoms with Gasteiger partial charge in [-0.25, -0.2) is 8.42 Å². The standard InChI is InChI=1S/C18H18N2O3S/c1-19-13-15-12-14(18-8-5-11-23-18)9-10-17(15)20-24(21,22)16-6-3-2-4-7-16/h2-12,19-20H,13H2,1H3. The van der Waals surface area contributed by atoms with Crippen molar-refractivity contribution in [3.63, 3.8) is 0 Å². The molecule has 6 heteroatoms. The smallest absolute Gasteiger partial charge is 0.261 e. The maximum absolute atomic E-state index is 12.5. The number of hydrogen-bond donors (Lipinski definition) is 2. The molecular formula is C18H18N2O3S. The minimum atomic E-state index is -3.62. The molecular weight excluding hydrogens is 324 g/mol. The molecule has 1 aromatic heterocycles. The van der Waals surface area contributed by atoms with Gasteiger partial charge in [-0.2, -0.15) is 0 Å². The van der Waals surface area contributed by atoms with Crippen molar-refractivity contribution in [3.8, 4) is 11.3 Å². The second kappa shape index (κ2) is 6.90. The van der Waals surface area contributed by atoms with Crippen molar-refractivity contribution < 1.29 is 12.8 Å². The number of anilines is 1. The fourth-order valence-electron chi connectivity index (χ4n) is 2.43. The average molecular weight is 342 g/mol. The Bertz CT molecular complexity index is 905. The summed E-state index contributed by atoms with van der Waals surface area (Å²) in [5.41, 5.74) is 2.28. The SMILES string of the molecule is CNCc1cc(-c2ccco2)ccc1NS(=O)(=O)c1ccccc1. The van der Waals surface area contributed by atoms with Gasteiger partial charge >= 0.3 is 0 Å². The van der Waals surface area contributed by atoms with E-state index in [1.54, 1.807) is 42.7 Å². The van der Waals surface area contributed by atoms with Crippen LogP contribution in [0.5, 0.6) is 0 Å². The molecule has 2 aromatic carbocycles. The molecule has 0 unspecified atom stereocenters. The summed E-state index contributed by atoms with van der Waals surface area (Å²) in [7, 11) is -1.81. The van der Waals surface area contributed by atoms with Crippen LogP contribution < -0.4 is 10.0 Å². The quantitative estimate of drug-likeness (QED) is 0.719. The van der Waals surface area contributed by atoms with Crippen molar-refractivity contribution in [1.29, 1.82) is 0 Å². The van der Waals surface area contributed by atoms with E-state index in [9.17, 15) is 8.42 Å². The molecule has 0 bridgehead atoms. The van der Waals surface area contributed by atoms with Crippen LogP contribution in [0.1, 0.15) is 5.56 Å². The number of rotatable bonds is 6. The Kier molecular flexibility index (Phi) is 4.69. The molecule has 124 valence electrons. The fourth-order valence-corrected chi connectivity index (χ4v) is 3.55. The summed E-state index contributed by atoms with van der Waals surface area (Å²) in [5.74, 6) is 0.741. The van der Waals surface area contributed by atoms with Gasteiger partial charge in [0.15, 0.2) is 0 Å². The summed E-state index contributed by atoms with van der Waals surface area (Å²) < 4.78 is 33.1. The van der Waals surface area contributed by atoms with Gasteiger partial charge in [-0.1, -0.05) is 18.2 Å². The number of benzene rings is 2. The van der Waals surface area contributed by atoms with Crippen LogP contribution in [0, 0.1) is 0 Å². The first kappa shape index (κ1) is 16.3. The summed E-state index contributed by atoms with van der Waals surface area (Å²) in [6.45, 7) is 0.529. The highest BCUT2D eigenvalue weighted by Gasteiger charge is 2.16. The maximum Gasteiger partial charge on any atom is 0.261 e. The highest BCUT2D eigenvalue weighted by atomic mass is 32.2. The molecule has 3 aromatic rings. The van der Waals surface area contributed by atoms with Crippen molar-refractivity contribution >= 4 is 15.7 Å². The molecule has 0 aliphatic carbocycles. The number of hydrogen-bond acceptors (Lipinski definition) is 4. The third-order valence-electron chi connectivity index (χ3n) is 3.58. The first-order valence-corrected chi connectivity index (χ1v) is 8.98. The van der Waals surface area contributed by atoms with Crippen LogP contribution in [0.2, 0.25) is 0 Å². The highest BCUT2D eigenvalue weighted by Crippen LogP contribution is 2.27. The lowest BCUT2D eigenvalue weighted by Crippen LogP contribution is -2.16. The van der Waals surface area contributed by atoms with Gasteiger partial charge in [-0.05, 0) is 55.1 Å². The Hall–Kier alpha value is -2.57. The molecule has 0 amide bonds. The zero-order valence-electron chi connectivity index (χ0n) is 13.2. The lowest BCUT2D eigenvalue weighted by Gasteiger charge is -2.14. The molecule has 0 fully saturated rings. The van der Waals surface area contributed by atoms with E-state index in [-0.39, 0.29) is 4.90 Å². The van der Waals surface area contributed by atoms with Crippen molar-refractivity contribution in [2.45, 2.75) is 11.4 Å². The van der Waals surface area contributed by atoms with Crippen LogP contribution in [-0.4, -0.2) is 15.5 Å². The maximum atomic E-state index is 12.5. The van der Waals surface area contributed by atoms with E-state index in [0.717, 1.165) is 16.9 Å². The Labute approximate surface area is 141 Å². The molecule has 0 saturated heterocycles. The lowest BCUT2D eigenvalue weighted by atomic mass is 10.1. The van der Waals surface area contributed by atoms with Crippen molar-refractivity contribution in [2.75, 3.05) is 11.8 Å². The monoisotopic (exact) mass is 342 g/mol. The van der Waals surface area contributed by atoms with Gasteiger partial charge < -0.3 is 9.73 Å². The highest BCUT2D eigenvalue weighted by molar-refractivity contribution is 7.92. The summed E-state index contributed by atoms with van der Waals surface area (Å²) in [5, 5.41) is 3.06. The van der Waals surface area contributed by atoms with Crippen LogP contribution in [0.25, 0.3) is 11.3 Å². The van der Waals surface area contributed by atoms with Gasteiger partial charge in [-0.15, -0.1) is 0 Å². The first-order valence-electron chi connectivity index (χ1n) is 7.49. The topological polar surface area (TPSA) is 71.3 Å². The molecule has 0 radical (unpaired) electrons. The predicted octanol–water partition coefficient (Wildman–Crippen LogP) is 3.47. The van der Waals surface area contributed by atoms with Crippen LogP contribution in [0.15, 0.2) is 76.2 Å². The predicted molar refractivity (Wildman–Crippen MR) is 94.2 cm³/mol. The molecule has 1 heterocycles. The van der Waals surface area contributed by atoms with E-state index in [1.165, 1.54) is 0 Å². The van der Waals surface area contributed by atoms with Crippen LogP contribution in [0.3, 0.4) is 0 Å². The second-order valence-corrected chi connectivity index (χ2v) is 6.98. The first-order chi connectivity index (χ1) is 11.6. The molecule has 24 heavy (non-hydrogen) atoms. The summed E-state index contributed by atoms with van der Waals surface area (Å²) >= 11 is 0. The van der Waals surface area contributed by atoms with E-state index in [2.05, 4.69) is 10.0 Å². The van der Waals surface area contributed by atoms with Crippen LogP contribution >= 0.6 is 0 Å². The van der Waals surface area contributed by atoms with Crippen molar-refractivity contribution in [2.24, 2.45) is 0 Å². The van der Waals surface area contributed by atoms with E-state index < -0.39 is 10.0 Å². The van der Waals surface area contributed by atoms with Gasteiger partial charge in [0.25, 0.3) is 10.0 Å². The molecule has 0 saturated carbocycles. The number of furan rings is 1. The molecule has 3 rings (SSSR count). The lowest BCUT2D eigenvalue weighted by molar-refractivity contribution is 0.582. The zero-order chi connectivity index (χ0) is 17.0. The third kappa shape index (κ3) is 3.50. The average Bonchev–Trinajstić information content (AvgIpc) is 3.12. The third-order valence-corrected chi connectivity index (χ3v) is 4.96. The van der Waals surface area contributed by atoms with Gasteiger partial charge in [0, 0.05) is 12.1 Å². The molecule has 2 N–H and O–H groups in total. The van der Waals surface area contributed by atoms with E-state index in [0.29, 0.717) is 12.2 Å². The molecule has 5 nitrogen and oxygen atoms in total. The van der Waals surface area contributed by atoms with Crippen molar-refractivity contribution in [3.05, 3.63) is 72.5 Å². The number of sulfonamides is 1. The van der Waals surface area contributed by atoms with E-state index in [4.69, 9.17) is 4.42 Å². The second-order valence-electron chi connectivity index (χ2n) is 5.30. The minimum Gasteiger partial charge on any atom is -0.464 e. The number of nitrogens with one attached hydrogen (secondary N) is 2. The summed E-state index contributed by atoms with van der Waals surface area (Å²) in [6, 6.07) is 17.5. The zero-order valence-corrected chi connectivity index (χ0v) is 14.0. The van der Waals surface area contributed by atoms with Gasteiger partial charge in [0.2, 0.25) is 0 Å². The fraction of sp³-hybridized carbons (Fsp3) is 0.111. The Morgan fingerprint density at radius 2 is 1.79 bits per heavy atom. The largest absolute Gasteiger partial charge is 0.464 e. The molecule has 0 atom stereocenters. The van der Waals surface area contributed by atoms with E-state index >= 15 is 0 Å². The summed E-state index contributed by atoms with van der Waals surface area (Å²) in [4.78, 5) is 0.232. The van der Waals surface area contributed by atoms with Gasteiger partial charge in [0.1, 0.15) is 5.76 Å². The normalized spacial score (nSPS) is 11.4. The molecule has 0 spiro atoms. The van der Waals surface area contributed by atoms with Crippen LogP contribution in [0.4, 0.5) is 5.69 Å². The van der Waals surface area contributed by atoms with Crippen molar-refractivity contribution in [1.82, 2.24) is 5.32 Å². The summed E-state index contributed by atoms with van der Waals surface area (Å²) in [6.07, 6.45) is 1.61. The van der Waals surface area contributed by atoms with Gasteiger partial charge in [0.05, 0.1) is 16.8 Å². The molecule has 0 aliphatic heterocycles. The Balaban J connectivity index is 1.95. The Morgan fingerprint density at radius 1 is 1.00 bits per heavy atom. The van der Waals surface area contributed by atoms with E-state index in [1.807, 2.05) is 31.3 Å². The molecule has 0 aliphatic rings. The van der Waals surface area contributed by atoms with Gasteiger partial charge in [-0.3, -0.25) is 4.72 Å².